The van der Waals surface area contributed by atoms with Crippen LogP contribution in [-0.4, -0.2) is 111 Å². The zero-order valence-electron chi connectivity index (χ0n) is 59.1. The van der Waals surface area contributed by atoms with Crippen molar-refractivity contribution in [3.63, 3.8) is 0 Å². The van der Waals surface area contributed by atoms with Gasteiger partial charge >= 0.3 is 35.8 Å². The Bertz CT molecular complexity index is 4340. The monoisotopic (exact) mass is 1530 g/mol. The van der Waals surface area contributed by atoms with Crippen LogP contribution in [0, 0.1) is 32.6 Å². The number of thioether (sulfide) groups is 2. The minimum absolute atomic E-state index is 0. The van der Waals surface area contributed by atoms with Gasteiger partial charge in [0.05, 0.1) is 63.1 Å². The number of carboxylic acid groups (broad SMARTS) is 3. The van der Waals surface area contributed by atoms with Gasteiger partial charge < -0.3 is 56.9 Å². The number of hydrogen-bond donors (Lipinski definition) is 9. The van der Waals surface area contributed by atoms with Crippen molar-refractivity contribution in [1.82, 2.24) is 27.4 Å². The molecule has 23 nitrogen and oxygen atoms in total. The van der Waals surface area contributed by atoms with Gasteiger partial charge in [-0.1, -0.05) is 198 Å². The SMILES string of the molecule is CC(=O)O.COC(=O)C1CC(=O)NC1c1ccccc1.COC(=O)[C@@]1(Sc2ccc(C)cc2)CC(=O)NC1c1ccccc1.Cc1ccc(S)cc1.Cc1ccc(S[C@]2(C(=O)O)CC(=O)NC2c2ccccc2)cc1.N.O=C1C=CC(=O)O1.O=C1C[C@H](C(=O)O)[C@@H](c2ccccc2)N1.O=Cc1cccc(Cl)c1. The molecule has 0 aliphatic carbocycles. The third-order valence-corrected chi connectivity index (χ3v) is 19.5. The number of benzene rings is 8. The molecular weight excluding hydrogens is 1450 g/mol. The molecule has 5 aliphatic heterocycles. The molecule has 5 heterocycles. The molecule has 8 aromatic rings. The third-order valence-electron chi connectivity index (χ3n) is 16.2. The van der Waals surface area contributed by atoms with E-state index in [0.717, 1.165) is 73.4 Å². The van der Waals surface area contributed by atoms with E-state index in [0.29, 0.717) is 10.6 Å². The van der Waals surface area contributed by atoms with E-state index in [9.17, 15) is 57.8 Å². The maximum atomic E-state index is 12.7. The van der Waals surface area contributed by atoms with E-state index in [-0.39, 0.29) is 73.4 Å². The third kappa shape index (κ3) is 26.4. The van der Waals surface area contributed by atoms with Crippen LogP contribution in [0.5, 0.6) is 0 Å². The zero-order chi connectivity index (χ0) is 77.5. The first-order valence-corrected chi connectivity index (χ1v) is 35.2. The van der Waals surface area contributed by atoms with Crippen molar-refractivity contribution >= 4 is 119 Å². The predicted octanol–water partition coefficient (Wildman–Crippen LogP) is 12.7. The number of carbonyl (C=O) groups is 12. The van der Waals surface area contributed by atoms with Crippen LogP contribution in [0.1, 0.15) is 106 Å². The van der Waals surface area contributed by atoms with Crippen molar-refractivity contribution < 1.29 is 87.1 Å². The van der Waals surface area contributed by atoms with Gasteiger partial charge in [-0.15, -0.1) is 36.2 Å². The van der Waals surface area contributed by atoms with Crippen LogP contribution in [0.2, 0.25) is 5.02 Å². The molecule has 4 saturated heterocycles. The van der Waals surface area contributed by atoms with Gasteiger partial charge in [0.25, 0.3) is 5.97 Å². The summed E-state index contributed by atoms with van der Waals surface area (Å²) < 4.78 is 11.5. The first-order valence-electron chi connectivity index (χ1n) is 32.7. The molecule has 5 aliphatic rings. The summed E-state index contributed by atoms with van der Waals surface area (Å²) in [6.07, 6.45) is 3.26. The van der Waals surface area contributed by atoms with Gasteiger partial charge in [0.1, 0.15) is 6.29 Å². The fraction of sp³-hybridized carbons (Fsp3) is 0.225. The first kappa shape index (κ1) is 86.5. The average molecular weight is 1530 g/mol. The zero-order valence-corrected chi connectivity index (χ0v) is 62.4. The number of hydrogen-bond acceptors (Lipinski definition) is 19. The summed E-state index contributed by atoms with van der Waals surface area (Å²) >= 11 is 12.3. The number of cyclic esters (lactones) is 2. The maximum absolute atomic E-state index is 12.7. The molecule has 4 amide bonds. The lowest BCUT2D eigenvalue weighted by Crippen LogP contribution is -2.41. The van der Waals surface area contributed by atoms with Gasteiger partial charge in [-0.2, -0.15) is 0 Å². The van der Waals surface area contributed by atoms with E-state index < -0.39 is 69.3 Å². The maximum Gasteiger partial charge on any atom is 0.338 e. The number of aldehydes is 1. The number of nitrogens with one attached hydrogen (secondary N) is 4. The second-order valence-corrected chi connectivity index (χ2v) is 27.8. The lowest BCUT2D eigenvalue weighted by molar-refractivity contribution is -0.150. The van der Waals surface area contributed by atoms with Gasteiger partial charge in [-0.05, 0) is 91.6 Å². The molecule has 0 radical (unpaired) electrons. The van der Waals surface area contributed by atoms with Crippen LogP contribution in [-0.2, 0) is 67.0 Å². The number of rotatable bonds is 13. The number of methoxy groups -OCH3 is 2. The van der Waals surface area contributed by atoms with Gasteiger partial charge in [0.15, 0.2) is 9.49 Å². The van der Waals surface area contributed by atoms with Crippen molar-refractivity contribution in [3.05, 3.63) is 280 Å². The predicted molar refractivity (Wildman–Crippen MR) is 407 cm³/mol. The number of amides is 4. The molecule has 8 aromatic carbocycles. The van der Waals surface area contributed by atoms with Crippen molar-refractivity contribution in [2.75, 3.05) is 14.2 Å². The smallest absolute Gasteiger partial charge is 0.338 e. The Morgan fingerprint density at radius 3 is 1.22 bits per heavy atom. The fourth-order valence-corrected chi connectivity index (χ4v) is 14.1. The van der Waals surface area contributed by atoms with Gasteiger partial charge in [0, 0.05) is 57.2 Å². The molecule has 107 heavy (non-hydrogen) atoms. The molecular formula is C80H82ClN5O18S3. The van der Waals surface area contributed by atoms with E-state index in [1.54, 1.807) is 24.3 Å². The summed E-state index contributed by atoms with van der Waals surface area (Å²) in [4.78, 5) is 136. The van der Waals surface area contributed by atoms with Crippen molar-refractivity contribution in [1.29, 1.82) is 0 Å². The number of carboxylic acids is 3. The number of aryl methyl sites for hydroxylation is 3. The van der Waals surface area contributed by atoms with Gasteiger partial charge in [0.2, 0.25) is 23.6 Å². The summed E-state index contributed by atoms with van der Waals surface area (Å²) in [7, 11) is 2.71. The number of esters is 4. The Labute approximate surface area is 638 Å². The molecule has 8 atom stereocenters. The standard InChI is InChI=1S/C19H19NO3S.C18H17NO3S.C12H13NO3.C11H11NO3.C7H5ClO.C7H8S.C4H2O3.C2H4O2.H3N/c1-13-8-10-15(11-9-13)24-19(18(22)23-2)12-16(21)20-17(19)14-6-4-3-5-7-14;1-12-7-9-14(10-8-12)23-18(17(21)22)11-15(20)19-16(18)13-5-3-2-4-6-13;1-16-12(15)9-7-10(14)13-11(9)8-5-3-2-4-6-8;13-9-6-8(11(14)15)10(12-9)7-4-2-1-3-5-7;8-7-3-1-2-6(4-7)5-9;1-6-2-4-7(8)5-3-6;5-3-1-2-4(6)7-3;1-2(3)4;/h3-11,17H,12H2,1-2H3,(H,20,21);2-10,16H,11H2,1H3,(H,19,20)(H,21,22);2-6,9,11H,7H2,1H3,(H,13,14);1-5,8,10H,6H2,(H,12,13)(H,14,15);1-5H;2-5,8H,1H3;1-2H;1H3,(H,3,4);1H3/t17?,19-;16?,18-;;8-,10+;;;;;/m11.0...../s1. The second kappa shape index (κ2) is 42.7. The summed E-state index contributed by atoms with van der Waals surface area (Å²) in [5.41, 5.74) is 7.63. The summed E-state index contributed by atoms with van der Waals surface area (Å²) in [5.74, 6) is -6.38. The molecule has 4 fully saturated rings. The number of aliphatic carboxylic acids is 3. The Morgan fingerprint density at radius 2 is 0.879 bits per heavy atom. The van der Waals surface area contributed by atoms with Gasteiger partial charge in [-0.25, -0.2) is 9.59 Å². The fourth-order valence-electron chi connectivity index (χ4n) is 11.1. The molecule has 560 valence electrons. The highest BCUT2D eigenvalue weighted by molar-refractivity contribution is 8.01. The number of carbonyl (C=O) groups excluding carboxylic acids is 9. The molecule has 10 N–H and O–H groups in total. The Balaban J connectivity index is 0.000000230. The second-order valence-electron chi connectivity index (χ2n) is 24.1. The highest BCUT2D eigenvalue weighted by Crippen LogP contribution is 2.50. The lowest BCUT2D eigenvalue weighted by atomic mass is 9.93. The van der Waals surface area contributed by atoms with E-state index in [1.165, 1.54) is 43.3 Å². The minimum atomic E-state index is -1.24. The normalized spacial score (nSPS) is 20.1. The molecule has 13 rings (SSSR count). The average Bonchev–Trinajstić information content (AvgIpc) is 1.64. The van der Waals surface area contributed by atoms with Crippen LogP contribution in [0.25, 0.3) is 0 Å². The first-order chi connectivity index (χ1) is 50.6. The highest BCUT2D eigenvalue weighted by atomic mass is 35.5. The molecule has 27 heteroatoms. The molecule has 0 bridgehead atoms. The molecule has 4 unspecified atom stereocenters. The number of thiol groups is 1. The van der Waals surface area contributed by atoms with Crippen LogP contribution < -0.4 is 27.4 Å². The summed E-state index contributed by atoms with van der Waals surface area (Å²) in [6, 6.07) is 66.3. The Hall–Kier alpha value is -11.2. The van der Waals surface area contributed by atoms with Crippen LogP contribution in [0.3, 0.4) is 0 Å². The largest absolute Gasteiger partial charge is 0.481 e. The van der Waals surface area contributed by atoms with Crippen LogP contribution in [0.4, 0.5) is 0 Å². The Kier molecular flexibility index (Phi) is 34.5. The van der Waals surface area contributed by atoms with Crippen molar-refractivity contribution in [3.8, 4) is 0 Å². The highest BCUT2D eigenvalue weighted by Gasteiger charge is 2.56. The lowest BCUT2D eigenvalue weighted by Gasteiger charge is -2.31. The van der Waals surface area contributed by atoms with E-state index >= 15 is 0 Å². The van der Waals surface area contributed by atoms with Gasteiger partial charge in [-0.3, -0.25) is 47.9 Å². The quantitative estimate of drug-likeness (QED) is 0.0170. The Morgan fingerprint density at radius 1 is 0.505 bits per heavy atom. The molecule has 0 saturated carbocycles. The topological polar surface area (TPSA) is 376 Å². The number of halogens is 1. The van der Waals surface area contributed by atoms with E-state index in [2.05, 4.69) is 45.6 Å². The minimum Gasteiger partial charge on any atom is -0.481 e. The van der Waals surface area contributed by atoms with Crippen LogP contribution in [0.15, 0.2) is 245 Å². The van der Waals surface area contributed by atoms with E-state index in [1.807, 2.05) is 208 Å². The summed E-state index contributed by atoms with van der Waals surface area (Å²) in [6.45, 7) is 7.14. The number of ether oxygens (including phenoxy) is 3. The molecule has 0 spiro atoms. The van der Waals surface area contributed by atoms with Crippen molar-refractivity contribution in [2.45, 2.75) is 102 Å². The van der Waals surface area contributed by atoms with E-state index in [4.69, 9.17) is 36.1 Å². The molecule has 0 aromatic heterocycles. The van der Waals surface area contributed by atoms with Crippen molar-refractivity contribution in [2.24, 2.45) is 11.8 Å². The summed E-state index contributed by atoms with van der Waals surface area (Å²) in [5, 5.41) is 38.2. The van der Waals surface area contributed by atoms with Crippen LogP contribution >= 0.6 is 47.8 Å².